The average molecular weight is 247 g/mol. The lowest BCUT2D eigenvalue weighted by Gasteiger charge is -2.21. The standard InChI is InChI=1S/C14H17NO3/c1-14(2,3)8-5-9-11(7-15-12(9)16)10(6-8)13(17)18-4/h5-6H,7H2,1-4H3,(H,15,16). The maximum Gasteiger partial charge on any atom is 0.338 e. The normalized spacial score (nSPS) is 14.1. The van der Waals surface area contributed by atoms with Crippen LogP contribution in [0.4, 0.5) is 0 Å². The number of hydrogen-bond donors (Lipinski definition) is 1. The van der Waals surface area contributed by atoms with E-state index in [1.807, 2.05) is 32.9 Å². The second-order valence-corrected chi connectivity index (χ2v) is 5.47. The molecule has 0 bridgehead atoms. The molecule has 1 aliphatic rings. The lowest BCUT2D eigenvalue weighted by atomic mass is 9.83. The molecule has 1 heterocycles. The highest BCUT2D eigenvalue weighted by Gasteiger charge is 2.28. The van der Waals surface area contributed by atoms with Crippen molar-refractivity contribution in [1.29, 1.82) is 0 Å². The van der Waals surface area contributed by atoms with Crippen LogP contribution in [0.25, 0.3) is 0 Å². The van der Waals surface area contributed by atoms with Gasteiger partial charge in [0.25, 0.3) is 5.91 Å². The lowest BCUT2D eigenvalue weighted by Crippen LogP contribution is -2.16. The van der Waals surface area contributed by atoms with Crippen LogP contribution in [-0.4, -0.2) is 19.0 Å². The summed E-state index contributed by atoms with van der Waals surface area (Å²) in [5, 5.41) is 2.74. The van der Waals surface area contributed by atoms with Crippen molar-refractivity contribution in [3.05, 3.63) is 34.4 Å². The highest BCUT2D eigenvalue weighted by Crippen LogP contribution is 2.29. The molecule has 0 saturated carbocycles. The van der Waals surface area contributed by atoms with Crippen molar-refractivity contribution < 1.29 is 14.3 Å². The van der Waals surface area contributed by atoms with Crippen molar-refractivity contribution in [2.24, 2.45) is 0 Å². The van der Waals surface area contributed by atoms with Gasteiger partial charge in [0.15, 0.2) is 0 Å². The molecule has 0 aliphatic carbocycles. The minimum absolute atomic E-state index is 0.124. The number of esters is 1. The molecule has 1 N–H and O–H groups in total. The van der Waals surface area contributed by atoms with Crippen LogP contribution < -0.4 is 5.32 Å². The van der Waals surface area contributed by atoms with Gasteiger partial charge in [-0.3, -0.25) is 4.79 Å². The summed E-state index contributed by atoms with van der Waals surface area (Å²) in [6, 6.07) is 3.69. The molecule has 0 radical (unpaired) electrons. The average Bonchev–Trinajstić information content (AvgIpc) is 2.68. The summed E-state index contributed by atoms with van der Waals surface area (Å²) in [7, 11) is 1.35. The third-order valence-corrected chi connectivity index (χ3v) is 3.19. The van der Waals surface area contributed by atoms with Crippen molar-refractivity contribution in [2.45, 2.75) is 32.7 Å². The Morgan fingerprint density at radius 1 is 1.33 bits per heavy atom. The van der Waals surface area contributed by atoms with Crippen molar-refractivity contribution >= 4 is 11.9 Å². The maximum absolute atomic E-state index is 11.8. The summed E-state index contributed by atoms with van der Waals surface area (Å²) in [5.74, 6) is -0.518. The fraction of sp³-hybridized carbons (Fsp3) is 0.429. The summed E-state index contributed by atoms with van der Waals surface area (Å²) >= 11 is 0. The first-order valence-electron chi connectivity index (χ1n) is 5.88. The van der Waals surface area contributed by atoms with E-state index in [0.717, 1.165) is 11.1 Å². The molecule has 2 rings (SSSR count). The molecule has 0 unspecified atom stereocenters. The zero-order valence-corrected chi connectivity index (χ0v) is 11.1. The number of ether oxygens (including phenoxy) is 1. The molecule has 0 atom stereocenters. The Bertz CT molecular complexity index is 527. The van der Waals surface area contributed by atoms with E-state index in [1.54, 1.807) is 0 Å². The Balaban J connectivity index is 2.66. The van der Waals surface area contributed by atoms with Crippen LogP contribution in [0.2, 0.25) is 0 Å². The van der Waals surface area contributed by atoms with Crippen LogP contribution in [0.15, 0.2) is 12.1 Å². The zero-order chi connectivity index (χ0) is 13.5. The highest BCUT2D eigenvalue weighted by atomic mass is 16.5. The van der Waals surface area contributed by atoms with Gasteiger partial charge < -0.3 is 10.1 Å². The molecule has 96 valence electrons. The van der Waals surface area contributed by atoms with Crippen LogP contribution in [-0.2, 0) is 16.7 Å². The Kier molecular flexibility index (Phi) is 2.89. The predicted molar refractivity (Wildman–Crippen MR) is 67.7 cm³/mol. The number of carbonyl (C=O) groups excluding carboxylic acids is 2. The van der Waals surface area contributed by atoms with E-state index in [1.165, 1.54) is 7.11 Å². The summed E-state index contributed by atoms with van der Waals surface area (Å²) in [6.45, 7) is 6.52. The number of amides is 1. The van der Waals surface area contributed by atoms with E-state index in [9.17, 15) is 9.59 Å². The Hall–Kier alpha value is -1.84. The molecular weight excluding hydrogens is 230 g/mol. The Morgan fingerprint density at radius 2 is 2.00 bits per heavy atom. The number of hydrogen-bond acceptors (Lipinski definition) is 3. The fourth-order valence-electron chi connectivity index (χ4n) is 2.05. The van der Waals surface area contributed by atoms with Crippen LogP contribution in [0, 0.1) is 0 Å². The second-order valence-electron chi connectivity index (χ2n) is 5.47. The van der Waals surface area contributed by atoms with Gasteiger partial charge in [-0.1, -0.05) is 20.8 Å². The molecule has 1 aliphatic heterocycles. The van der Waals surface area contributed by atoms with Crippen LogP contribution in [0.3, 0.4) is 0 Å². The van der Waals surface area contributed by atoms with Crippen LogP contribution in [0.5, 0.6) is 0 Å². The topological polar surface area (TPSA) is 55.4 Å². The summed E-state index contributed by atoms with van der Waals surface area (Å²) in [4.78, 5) is 23.5. The molecule has 4 nitrogen and oxygen atoms in total. The van der Waals surface area contributed by atoms with Gasteiger partial charge in [-0.25, -0.2) is 4.79 Å². The number of rotatable bonds is 1. The first-order chi connectivity index (χ1) is 8.34. The fourth-order valence-corrected chi connectivity index (χ4v) is 2.05. The largest absolute Gasteiger partial charge is 0.465 e. The number of benzene rings is 1. The number of fused-ring (bicyclic) bond motifs is 1. The van der Waals surface area contributed by atoms with E-state index in [0.29, 0.717) is 17.7 Å². The van der Waals surface area contributed by atoms with Gasteiger partial charge in [-0.05, 0) is 28.7 Å². The molecule has 1 amide bonds. The number of carbonyl (C=O) groups is 2. The van der Waals surface area contributed by atoms with Gasteiger partial charge in [0.05, 0.1) is 12.7 Å². The summed E-state index contributed by atoms with van der Waals surface area (Å²) < 4.78 is 4.79. The molecule has 0 fully saturated rings. The molecule has 1 aromatic carbocycles. The maximum atomic E-state index is 11.8. The molecule has 0 spiro atoms. The van der Waals surface area contributed by atoms with E-state index in [4.69, 9.17) is 4.74 Å². The second kappa shape index (κ2) is 4.12. The first-order valence-corrected chi connectivity index (χ1v) is 5.88. The minimum Gasteiger partial charge on any atom is -0.465 e. The zero-order valence-electron chi connectivity index (χ0n) is 11.1. The molecule has 0 aromatic heterocycles. The predicted octanol–water partition coefficient (Wildman–Crippen LogP) is 2.01. The smallest absolute Gasteiger partial charge is 0.338 e. The quantitative estimate of drug-likeness (QED) is 0.772. The van der Waals surface area contributed by atoms with Gasteiger partial charge in [-0.15, -0.1) is 0 Å². The van der Waals surface area contributed by atoms with Gasteiger partial charge >= 0.3 is 5.97 Å². The third-order valence-electron chi connectivity index (χ3n) is 3.19. The number of nitrogens with one attached hydrogen (secondary N) is 1. The first kappa shape index (κ1) is 12.6. The van der Waals surface area contributed by atoms with Crippen molar-refractivity contribution in [3.8, 4) is 0 Å². The van der Waals surface area contributed by atoms with Gasteiger partial charge in [0.2, 0.25) is 0 Å². The van der Waals surface area contributed by atoms with Gasteiger partial charge in [-0.2, -0.15) is 0 Å². The minimum atomic E-state index is -0.395. The third kappa shape index (κ3) is 1.98. The molecule has 1 aromatic rings. The molecular formula is C14H17NO3. The Morgan fingerprint density at radius 3 is 2.56 bits per heavy atom. The van der Waals surface area contributed by atoms with Crippen LogP contribution in [0.1, 0.15) is 52.6 Å². The van der Waals surface area contributed by atoms with Gasteiger partial charge in [0, 0.05) is 12.1 Å². The molecule has 4 heteroatoms. The van der Waals surface area contributed by atoms with E-state index in [-0.39, 0.29) is 11.3 Å². The van der Waals surface area contributed by atoms with E-state index >= 15 is 0 Å². The van der Waals surface area contributed by atoms with Crippen molar-refractivity contribution in [1.82, 2.24) is 5.32 Å². The van der Waals surface area contributed by atoms with Crippen molar-refractivity contribution in [2.75, 3.05) is 7.11 Å². The van der Waals surface area contributed by atoms with Crippen molar-refractivity contribution in [3.63, 3.8) is 0 Å². The summed E-state index contributed by atoms with van der Waals surface area (Å²) in [5.41, 5.74) is 2.64. The SMILES string of the molecule is COC(=O)c1cc(C(C)(C)C)cc2c1CNC2=O. The molecule has 0 saturated heterocycles. The molecule has 18 heavy (non-hydrogen) atoms. The van der Waals surface area contributed by atoms with Crippen LogP contribution >= 0.6 is 0 Å². The van der Waals surface area contributed by atoms with Gasteiger partial charge in [0.1, 0.15) is 0 Å². The Labute approximate surface area is 106 Å². The van der Waals surface area contributed by atoms with E-state index in [2.05, 4.69) is 5.32 Å². The monoisotopic (exact) mass is 247 g/mol. The highest BCUT2D eigenvalue weighted by molar-refractivity contribution is 6.03. The van der Waals surface area contributed by atoms with E-state index < -0.39 is 5.97 Å². The summed E-state index contributed by atoms with van der Waals surface area (Å²) in [6.07, 6.45) is 0. The number of methoxy groups -OCH3 is 1. The lowest BCUT2D eigenvalue weighted by molar-refractivity contribution is 0.0599.